The third-order valence-corrected chi connectivity index (χ3v) is 3.44. The lowest BCUT2D eigenvalue weighted by Gasteiger charge is -2.18. The molecule has 1 atom stereocenters. The molecule has 7 heteroatoms. The largest absolute Gasteiger partial charge is 0.490 e. The van der Waals surface area contributed by atoms with Crippen LogP contribution in [0.2, 0.25) is 0 Å². The van der Waals surface area contributed by atoms with Crippen molar-refractivity contribution in [3.63, 3.8) is 0 Å². The summed E-state index contributed by atoms with van der Waals surface area (Å²) < 4.78 is 32.9. The first kappa shape index (κ1) is 17.7. The van der Waals surface area contributed by atoms with Crippen LogP contribution in [0.5, 0.6) is 0 Å². The second kappa shape index (κ2) is 7.61. The van der Waals surface area contributed by atoms with E-state index in [-0.39, 0.29) is 0 Å². The van der Waals surface area contributed by atoms with Gasteiger partial charge in [0.25, 0.3) is 0 Å². The average molecular weight is 366 g/mol. The molecule has 0 saturated heterocycles. The fraction of sp³-hybridized carbons (Fsp3) is 0.357. The first-order valence-corrected chi connectivity index (χ1v) is 7.00. The molecular formula is C14H15BrF3NO2. The highest BCUT2D eigenvalue weighted by atomic mass is 79.9. The smallest absolute Gasteiger partial charge is 0.475 e. The zero-order valence-corrected chi connectivity index (χ0v) is 12.6. The zero-order valence-electron chi connectivity index (χ0n) is 11.0. The summed E-state index contributed by atoms with van der Waals surface area (Å²) in [5.74, 6) is -2.76. The van der Waals surface area contributed by atoms with E-state index in [1.54, 1.807) is 0 Å². The van der Waals surface area contributed by atoms with Gasteiger partial charge in [-0.1, -0.05) is 34.1 Å². The minimum Gasteiger partial charge on any atom is -0.475 e. The molecule has 3 N–H and O–H groups in total. The SMILES string of the molecule is NC1CC=C(c2ccc(Br)cc2)CC1.O=C(O)C(F)(F)F. The lowest BCUT2D eigenvalue weighted by Crippen LogP contribution is -2.21. The fourth-order valence-electron chi connectivity index (χ4n) is 1.78. The maximum atomic E-state index is 10.6. The molecule has 0 amide bonds. The standard InChI is InChI=1S/C12H14BrN.C2HF3O2/c13-11-5-1-9(2-6-11)10-3-7-12(14)8-4-10;3-2(4,5)1(6)7/h1-3,5-6,12H,4,7-8,14H2;(H,6,7). The molecule has 0 bridgehead atoms. The van der Waals surface area contributed by atoms with Gasteiger partial charge in [0.15, 0.2) is 0 Å². The Morgan fingerprint density at radius 1 is 1.29 bits per heavy atom. The van der Waals surface area contributed by atoms with E-state index in [2.05, 4.69) is 46.3 Å². The van der Waals surface area contributed by atoms with Gasteiger partial charge < -0.3 is 10.8 Å². The number of allylic oxidation sites excluding steroid dienone is 1. The van der Waals surface area contributed by atoms with Crippen LogP contribution in [0, 0.1) is 0 Å². The molecule has 0 heterocycles. The van der Waals surface area contributed by atoms with Crippen LogP contribution in [0.15, 0.2) is 34.8 Å². The number of alkyl halides is 3. The van der Waals surface area contributed by atoms with Gasteiger partial charge in [-0.25, -0.2) is 4.79 Å². The quantitative estimate of drug-likeness (QED) is 0.791. The van der Waals surface area contributed by atoms with Crippen molar-refractivity contribution in [3.05, 3.63) is 40.4 Å². The van der Waals surface area contributed by atoms with Gasteiger partial charge >= 0.3 is 12.1 Å². The van der Waals surface area contributed by atoms with Gasteiger partial charge in [0.2, 0.25) is 0 Å². The molecule has 116 valence electrons. The summed E-state index contributed by atoms with van der Waals surface area (Å²) >= 11 is 3.44. The van der Waals surface area contributed by atoms with Gasteiger partial charge in [0, 0.05) is 10.5 Å². The lowest BCUT2D eigenvalue weighted by molar-refractivity contribution is -0.192. The second-order valence-electron chi connectivity index (χ2n) is 4.57. The van der Waals surface area contributed by atoms with Crippen molar-refractivity contribution in [3.8, 4) is 0 Å². The van der Waals surface area contributed by atoms with Crippen LogP contribution in [0.3, 0.4) is 0 Å². The third kappa shape index (κ3) is 6.31. The Balaban J connectivity index is 0.000000270. The predicted molar refractivity (Wildman–Crippen MR) is 77.6 cm³/mol. The summed E-state index contributed by atoms with van der Waals surface area (Å²) in [7, 11) is 0. The van der Waals surface area contributed by atoms with E-state index in [1.165, 1.54) is 11.1 Å². The van der Waals surface area contributed by atoms with Crippen molar-refractivity contribution in [2.24, 2.45) is 5.73 Å². The predicted octanol–water partition coefficient (Wildman–Crippen LogP) is 3.98. The monoisotopic (exact) mass is 365 g/mol. The van der Waals surface area contributed by atoms with Crippen molar-refractivity contribution in [1.82, 2.24) is 0 Å². The van der Waals surface area contributed by atoms with Gasteiger partial charge in [0.1, 0.15) is 0 Å². The van der Waals surface area contributed by atoms with Crippen LogP contribution in [-0.4, -0.2) is 23.3 Å². The maximum Gasteiger partial charge on any atom is 0.490 e. The van der Waals surface area contributed by atoms with Crippen molar-refractivity contribution in [1.29, 1.82) is 0 Å². The van der Waals surface area contributed by atoms with Gasteiger partial charge in [-0.2, -0.15) is 13.2 Å². The molecule has 0 saturated carbocycles. The first-order valence-electron chi connectivity index (χ1n) is 6.21. The van der Waals surface area contributed by atoms with E-state index in [0.717, 1.165) is 23.7 Å². The number of hydrogen-bond donors (Lipinski definition) is 2. The Bertz CT molecular complexity index is 512. The lowest BCUT2D eigenvalue weighted by atomic mass is 9.91. The van der Waals surface area contributed by atoms with E-state index in [0.29, 0.717) is 6.04 Å². The number of halogens is 4. The van der Waals surface area contributed by atoms with Crippen LogP contribution >= 0.6 is 15.9 Å². The molecule has 0 radical (unpaired) electrons. The minimum absolute atomic E-state index is 0.370. The van der Waals surface area contributed by atoms with E-state index in [4.69, 9.17) is 15.6 Å². The number of carbonyl (C=O) groups is 1. The number of aliphatic carboxylic acids is 1. The summed E-state index contributed by atoms with van der Waals surface area (Å²) in [6, 6.07) is 8.86. The molecule has 0 fully saturated rings. The van der Waals surface area contributed by atoms with Crippen LogP contribution in [0.4, 0.5) is 13.2 Å². The van der Waals surface area contributed by atoms with E-state index in [1.807, 2.05) is 0 Å². The summed E-state index contributed by atoms with van der Waals surface area (Å²) in [6.07, 6.45) is 0.438. The van der Waals surface area contributed by atoms with Crippen molar-refractivity contribution < 1.29 is 23.1 Å². The number of rotatable bonds is 1. The summed E-state index contributed by atoms with van der Waals surface area (Å²) in [6.45, 7) is 0. The molecule has 1 aliphatic carbocycles. The number of carboxylic acid groups (broad SMARTS) is 1. The third-order valence-electron chi connectivity index (χ3n) is 2.91. The summed E-state index contributed by atoms with van der Waals surface area (Å²) in [5, 5.41) is 7.12. The number of hydrogen-bond acceptors (Lipinski definition) is 2. The van der Waals surface area contributed by atoms with Crippen molar-refractivity contribution >= 4 is 27.5 Å². The highest BCUT2D eigenvalue weighted by Crippen LogP contribution is 2.27. The highest BCUT2D eigenvalue weighted by Gasteiger charge is 2.38. The number of carboxylic acids is 1. The Hall–Kier alpha value is -1.34. The topological polar surface area (TPSA) is 63.3 Å². The molecule has 21 heavy (non-hydrogen) atoms. The zero-order chi connectivity index (χ0) is 16.0. The van der Waals surface area contributed by atoms with Crippen LogP contribution < -0.4 is 5.73 Å². The average Bonchev–Trinajstić information content (AvgIpc) is 2.40. The van der Waals surface area contributed by atoms with Crippen LogP contribution in [0.1, 0.15) is 24.8 Å². The van der Waals surface area contributed by atoms with Crippen molar-refractivity contribution in [2.45, 2.75) is 31.5 Å². The molecular weight excluding hydrogens is 351 g/mol. The molecule has 0 aromatic heterocycles. The Morgan fingerprint density at radius 3 is 2.19 bits per heavy atom. The molecule has 2 rings (SSSR count). The highest BCUT2D eigenvalue weighted by molar-refractivity contribution is 9.10. The molecule has 0 spiro atoms. The van der Waals surface area contributed by atoms with E-state index >= 15 is 0 Å². The molecule has 0 aliphatic heterocycles. The van der Waals surface area contributed by atoms with Crippen LogP contribution in [0.25, 0.3) is 5.57 Å². The molecule has 3 nitrogen and oxygen atoms in total. The maximum absolute atomic E-state index is 10.6. The van der Waals surface area contributed by atoms with E-state index in [9.17, 15) is 13.2 Å². The van der Waals surface area contributed by atoms with Crippen LogP contribution in [-0.2, 0) is 4.79 Å². The molecule has 1 aliphatic rings. The van der Waals surface area contributed by atoms with Gasteiger partial charge in [-0.3, -0.25) is 0 Å². The Morgan fingerprint density at radius 2 is 1.81 bits per heavy atom. The first-order chi connectivity index (χ1) is 9.70. The summed E-state index contributed by atoms with van der Waals surface area (Å²) in [5.41, 5.74) is 8.62. The van der Waals surface area contributed by atoms with Gasteiger partial charge in [-0.05, 0) is 42.5 Å². The van der Waals surface area contributed by atoms with Gasteiger partial charge in [0.05, 0.1) is 0 Å². The van der Waals surface area contributed by atoms with Gasteiger partial charge in [-0.15, -0.1) is 0 Å². The second-order valence-corrected chi connectivity index (χ2v) is 5.49. The molecule has 1 unspecified atom stereocenters. The number of nitrogens with two attached hydrogens (primary N) is 1. The van der Waals surface area contributed by atoms with E-state index < -0.39 is 12.1 Å². The normalized spacial score (nSPS) is 18.3. The molecule has 1 aromatic rings. The summed E-state index contributed by atoms with van der Waals surface area (Å²) in [4.78, 5) is 8.90. The fourth-order valence-corrected chi connectivity index (χ4v) is 2.04. The Kier molecular flexibility index (Phi) is 6.42. The van der Waals surface area contributed by atoms with Crippen molar-refractivity contribution in [2.75, 3.05) is 0 Å². The molecule has 1 aromatic carbocycles. The number of benzene rings is 1. The Labute approximate surface area is 128 Å². The minimum atomic E-state index is -5.08.